The van der Waals surface area contributed by atoms with Crippen LogP contribution >= 0.6 is 11.6 Å². The molecule has 2 amide bonds. The summed E-state index contributed by atoms with van der Waals surface area (Å²) in [5, 5.41) is 9.21. The minimum atomic E-state index is -4.64. The SMILES string of the molecule is COc1cccc(-n2nc(C(C)(C)C)cc2NC(=O)Nc2ccc(Cl)c(C(F)(F)F)c2)c1. The van der Waals surface area contributed by atoms with Gasteiger partial charge in [0.1, 0.15) is 11.6 Å². The Morgan fingerprint density at radius 1 is 1.06 bits per heavy atom. The molecule has 3 aromatic rings. The molecule has 2 aromatic carbocycles. The molecule has 2 N–H and O–H groups in total. The number of carbonyl (C=O) groups is 1. The number of rotatable bonds is 4. The van der Waals surface area contributed by atoms with Crippen molar-refractivity contribution in [1.29, 1.82) is 0 Å². The van der Waals surface area contributed by atoms with Crippen molar-refractivity contribution in [3.63, 3.8) is 0 Å². The predicted octanol–water partition coefficient (Wildman–Crippen LogP) is 6.49. The monoisotopic (exact) mass is 466 g/mol. The molecular weight excluding hydrogens is 445 g/mol. The Bertz CT molecular complexity index is 1140. The third-order valence-electron chi connectivity index (χ3n) is 4.55. The van der Waals surface area contributed by atoms with Crippen molar-refractivity contribution >= 4 is 29.1 Å². The van der Waals surface area contributed by atoms with Gasteiger partial charge in [-0.15, -0.1) is 0 Å². The molecule has 0 saturated heterocycles. The summed E-state index contributed by atoms with van der Waals surface area (Å²) in [5.41, 5.74) is -0.0481. The highest BCUT2D eigenvalue weighted by molar-refractivity contribution is 6.31. The van der Waals surface area contributed by atoms with Gasteiger partial charge in [0.15, 0.2) is 0 Å². The zero-order chi connectivity index (χ0) is 23.7. The number of anilines is 2. The number of hydrogen-bond donors (Lipinski definition) is 2. The average molecular weight is 467 g/mol. The number of nitrogens with zero attached hydrogens (tertiary/aromatic N) is 2. The molecule has 0 fully saturated rings. The first kappa shape index (κ1) is 23.5. The van der Waals surface area contributed by atoms with Gasteiger partial charge in [-0.25, -0.2) is 9.48 Å². The Kier molecular flexibility index (Phi) is 6.41. The van der Waals surface area contributed by atoms with Gasteiger partial charge in [0.25, 0.3) is 0 Å². The van der Waals surface area contributed by atoms with E-state index in [1.54, 1.807) is 30.3 Å². The molecular formula is C22H22ClF3N4O2. The molecule has 0 saturated carbocycles. The smallest absolute Gasteiger partial charge is 0.417 e. The Labute approximate surface area is 188 Å². The fourth-order valence-electron chi connectivity index (χ4n) is 2.87. The van der Waals surface area contributed by atoms with Crippen LogP contribution < -0.4 is 15.4 Å². The number of urea groups is 1. The van der Waals surface area contributed by atoms with E-state index in [0.29, 0.717) is 22.9 Å². The number of ether oxygens (including phenoxy) is 1. The maximum atomic E-state index is 13.1. The number of aromatic nitrogens is 2. The van der Waals surface area contributed by atoms with Crippen molar-refractivity contribution in [3.8, 4) is 11.4 Å². The summed E-state index contributed by atoms with van der Waals surface area (Å²) in [6, 6.07) is 11.2. The Morgan fingerprint density at radius 3 is 2.41 bits per heavy atom. The fraction of sp³-hybridized carbons (Fsp3) is 0.273. The second kappa shape index (κ2) is 8.74. The van der Waals surface area contributed by atoms with Crippen LogP contribution in [0.5, 0.6) is 5.75 Å². The van der Waals surface area contributed by atoms with E-state index in [-0.39, 0.29) is 11.1 Å². The van der Waals surface area contributed by atoms with Gasteiger partial charge in [-0.05, 0) is 30.3 Å². The van der Waals surface area contributed by atoms with Crippen molar-refractivity contribution in [1.82, 2.24) is 9.78 Å². The largest absolute Gasteiger partial charge is 0.497 e. The molecule has 0 unspecified atom stereocenters. The van der Waals surface area contributed by atoms with E-state index in [0.717, 1.165) is 12.1 Å². The van der Waals surface area contributed by atoms with Crippen molar-refractivity contribution < 1.29 is 22.7 Å². The highest BCUT2D eigenvalue weighted by atomic mass is 35.5. The van der Waals surface area contributed by atoms with Crippen LogP contribution in [0.15, 0.2) is 48.5 Å². The van der Waals surface area contributed by atoms with Gasteiger partial charge >= 0.3 is 12.2 Å². The number of amides is 2. The van der Waals surface area contributed by atoms with E-state index in [1.807, 2.05) is 20.8 Å². The van der Waals surface area contributed by atoms with Crippen molar-refractivity contribution in [2.45, 2.75) is 32.4 Å². The van der Waals surface area contributed by atoms with E-state index in [1.165, 1.54) is 17.9 Å². The number of carbonyl (C=O) groups excluding carboxylic acids is 1. The van der Waals surface area contributed by atoms with E-state index < -0.39 is 22.8 Å². The number of hydrogen-bond acceptors (Lipinski definition) is 3. The van der Waals surface area contributed by atoms with Gasteiger partial charge in [0.2, 0.25) is 0 Å². The normalized spacial score (nSPS) is 11.9. The van der Waals surface area contributed by atoms with E-state index in [9.17, 15) is 18.0 Å². The van der Waals surface area contributed by atoms with Crippen LogP contribution in [-0.4, -0.2) is 22.9 Å². The summed E-state index contributed by atoms with van der Waals surface area (Å²) in [7, 11) is 1.54. The molecule has 1 heterocycles. The first-order valence-corrected chi connectivity index (χ1v) is 9.96. The van der Waals surface area contributed by atoms with Gasteiger partial charge in [0, 0.05) is 23.2 Å². The molecule has 0 aliphatic rings. The number of alkyl halides is 3. The quantitative estimate of drug-likeness (QED) is 0.461. The van der Waals surface area contributed by atoms with Crippen LogP contribution in [0.25, 0.3) is 5.69 Å². The maximum absolute atomic E-state index is 13.1. The lowest BCUT2D eigenvalue weighted by Crippen LogP contribution is -2.21. The van der Waals surface area contributed by atoms with Gasteiger partial charge in [0.05, 0.1) is 29.1 Å². The fourth-order valence-corrected chi connectivity index (χ4v) is 3.10. The molecule has 170 valence electrons. The molecule has 0 radical (unpaired) electrons. The van der Waals surface area contributed by atoms with Gasteiger partial charge < -0.3 is 10.1 Å². The maximum Gasteiger partial charge on any atom is 0.417 e. The lowest BCUT2D eigenvalue weighted by atomic mass is 9.92. The highest BCUT2D eigenvalue weighted by Crippen LogP contribution is 2.36. The average Bonchev–Trinajstić information content (AvgIpc) is 3.12. The molecule has 3 rings (SSSR count). The minimum Gasteiger partial charge on any atom is -0.497 e. The highest BCUT2D eigenvalue weighted by Gasteiger charge is 2.33. The molecule has 10 heteroatoms. The second-order valence-electron chi connectivity index (χ2n) is 8.05. The van der Waals surface area contributed by atoms with E-state index in [4.69, 9.17) is 16.3 Å². The Balaban J connectivity index is 1.91. The predicted molar refractivity (Wildman–Crippen MR) is 118 cm³/mol. The lowest BCUT2D eigenvalue weighted by Gasteiger charge is -2.14. The molecule has 6 nitrogen and oxygen atoms in total. The first-order chi connectivity index (χ1) is 14.9. The molecule has 1 aromatic heterocycles. The van der Waals surface area contributed by atoms with Gasteiger partial charge in [-0.1, -0.05) is 38.4 Å². The molecule has 0 aliphatic heterocycles. The zero-order valence-corrected chi connectivity index (χ0v) is 18.6. The number of benzene rings is 2. The second-order valence-corrected chi connectivity index (χ2v) is 8.46. The standard InChI is InChI=1S/C22H22ClF3N4O2/c1-21(2,3)18-12-19(30(29-18)14-6-5-7-15(11-14)32-4)28-20(31)27-13-8-9-17(23)16(10-13)22(24,25)26/h5-12H,1-4H3,(H2,27,28,31). The summed E-state index contributed by atoms with van der Waals surface area (Å²) < 4.78 is 46.1. The lowest BCUT2D eigenvalue weighted by molar-refractivity contribution is -0.137. The third kappa shape index (κ3) is 5.34. The summed E-state index contributed by atoms with van der Waals surface area (Å²) in [6.45, 7) is 5.92. The van der Waals surface area contributed by atoms with Crippen molar-refractivity contribution in [3.05, 3.63) is 64.8 Å². The number of halogens is 4. The Morgan fingerprint density at radius 2 is 1.78 bits per heavy atom. The van der Waals surface area contributed by atoms with E-state index in [2.05, 4.69) is 15.7 Å². The van der Waals surface area contributed by atoms with Gasteiger partial charge in [-0.2, -0.15) is 18.3 Å². The van der Waals surface area contributed by atoms with Crippen LogP contribution in [0, 0.1) is 0 Å². The van der Waals surface area contributed by atoms with Crippen LogP contribution in [0.4, 0.5) is 29.5 Å². The van der Waals surface area contributed by atoms with Crippen LogP contribution in [0.3, 0.4) is 0 Å². The topological polar surface area (TPSA) is 68.2 Å². The summed E-state index contributed by atoms with van der Waals surface area (Å²) in [5.74, 6) is 0.942. The third-order valence-corrected chi connectivity index (χ3v) is 4.88. The zero-order valence-electron chi connectivity index (χ0n) is 17.8. The summed E-state index contributed by atoms with van der Waals surface area (Å²) in [4.78, 5) is 12.6. The van der Waals surface area contributed by atoms with Crippen molar-refractivity contribution in [2.24, 2.45) is 0 Å². The number of methoxy groups -OCH3 is 1. The minimum absolute atomic E-state index is 0.0530. The molecule has 32 heavy (non-hydrogen) atoms. The van der Waals surface area contributed by atoms with E-state index >= 15 is 0 Å². The van der Waals surface area contributed by atoms with Crippen LogP contribution in [0.1, 0.15) is 32.0 Å². The summed E-state index contributed by atoms with van der Waals surface area (Å²) >= 11 is 5.64. The molecule has 0 spiro atoms. The Hall–Kier alpha value is -3.20. The first-order valence-electron chi connectivity index (χ1n) is 9.58. The van der Waals surface area contributed by atoms with Gasteiger partial charge in [-0.3, -0.25) is 5.32 Å². The van der Waals surface area contributed by atoms with Crippen molar-refractivity contribution in [2.75, 3.05) is 17.7 Å². The molecule has 0 atom stereocenters. The number of nitrogens with one attached hydrogen (secondary N) is 2. The van der Waals surface area contributed by atoms with Crippen LogP contribution in [0.2, 0.25) is 5.02 Å². The molecule has 0 aliphatic carbocycles. The summed E-state index contributed by atoms with van der Waals surface area (Å²) in [6.07, 6.45) is -4.64. The molecule has 0 bridgehead atoms. The van der Waals surface area contributed by atoms with Crippen LogP contribution in [-0.2, 0) is 11.6 Å².